The first kappa shape index (κ1) is 12.6. The summed E-state index contributed by atoms with van der Waals surface area (Å²) in [5, 5.41) is 2.64. The van der Waals surface area contributed by atoms with Gasteiger partial charge in [0.1, 0.15) is 5.82 Å². The van der Waals surface area contributed by atoms with E-state index in [-0.39, 0.29) is 17.5 Å². The van der Waals surface area contributed by atoms with E-state index in [1.54, 1.807) is 12.1 Å². The normalized spacial score (nSPS) is 10.3. The molecule has 6 heteroatoms. The highest BCUT2D eigenvalue weighted by Gasteiger charge is 2.12. The Labute approximate surface area is 119 Å². The van der Waals surface area contributed by atoms with Crippen molar-refractivity contribution in [3.63, 3.8) is 0 Å². The molecule has 17 heavy (non-hydrogen) atoms. The summed E-state index contributed by atoms with van der Waals surface area (Å²) in [7, 11) is 0. The number of amides is 1. The van der Waals surface area contributed by atoms with Gasteiger partial charge in [0.15, 0.2) is 10.4 Å². The molecule has 2 rings (SSSR count). The summed E-state index contributed by atoms with van der Waals surface area (Å²) in [5.74, 6) is -0.523. The van der Waals surface area contributed by atoms with Gasteiger partial charge in [-0.2, -0.15) is 0 Å². The molecule has 0 radical (unpaired) electrons. The Kier molecular flexibility index (Phi) is 3.82. The van der Waals surface area contributed by atoms with Crippen LogP contribution in [-0.2, 0) is 0 Å². The first-order valence-corrected chi connectivity index (χ1v) is 6.45. The number of hydrogen-bond donors (Lipinski definition) is 1. The summed E-state index contributed by atoms with van der Waals surface area (Å²) in [6.07, 6.45) is 0. The molecule has 0 saturated carbocycles. The molecule has 0 bridgehead atoms. The fourth-order valence-electron chi connectivity index (χ4n) is 1.21. The molecule has 1 heterocycles. The summed E-state index contributed by atoms with van der Waals surface area (Å²) in [6, 6.07) is 7.32. The van der Waals surface area contributed by atoms with Crippen LogP contribution in [0, 0.1) is 9.39 Å². The lowest BCUT2D eigenvalue weighted by atomic mass is 10.3. The summed E-state index contributed by atoms with van der Waals surface area (Å²) in [4.78, 5) is 11.7. The maximum Gasteiger partial charge on any atom is 0.291 e. The number of nitrogens with one attached hydrogen (secondary N) is 1. The van der Waals surface area contributed by atoms with Gasteiger partial charge in [-0.15, -0.1) is 0 Å². The highest BCUT2D eigenvalue weighted by molar-refractivity contribution is 14.1. The Morgan fingerprint density at radius 1 is 1.35 bits per heavy atom. The van der Waals surface area contributed by atoms with Crippen LogP contribution in [0.15, 0.2) is 39.4 Å². The molecular formula is C11H6BrFINO2. The number of carbonyl (C=O) groups is 1. The second kappa shape index (κ2) is 5.18. The minimum Gasteiger partial charge on any atom is -0.444 e. The molecule has 0 fully saturated rings. The molecule has 1 aromatic carbocycles. The largest absolute Gasteiger partial charge is 0.444 e. The smallest absolute Gasteiger partial charge is 0.291 e. The van der Waals surface area contributed by atoms with E-state index in [1.807, 2.05) is 22.6 Å². The standard InChI is InChI=1S/C11H6BrFINO2/c12-10-4-3-9(17-10)11(16)15-8-2-1-6(13)5-7(8)14/h1-5H,(H,15,16). The molecule has 1 N–H and O–H groups in total. The Hall–Kier alpha value is -0.890. The lowest BCUT2D eigenvalue weighted by Crippen LogP contribution is -2.11. The van der Waals surface area contributed by atoms with E-state index in [1.165, 1.54) is 18.2 Å². The van der Waals surface area contributed by atoms with Crippen molar-refractivity contribution >= 4 is 50.1 Å². The third-order valence-corrected chi connectivity index (χ3v) is 3.30. The Morgan fingerprint density at radius 2 is 2.12 bits per heavy atom. The van der Waals surface area contributed by atoms with Crippen molar-refractivity contribution in [3.8, 4) is 0 Å². The molecule has 0 unspecified atom stereocenters. The predicted octanol–water partition coefficient (Wildman–Crippen LogP) is 4.04. The highest BCUT2D eigenvalue weighted by atomic mass is 127. The number of furan rings is 1. The van der Waals surface area contributed by atoms with Crippen LogP contribution in [0.4, 0.5) is 10.1 Å². The Bertz CT molecular complexity index is 570. The second-order valence-corrected chi connectivity index (χ2v) is 5.13. The number of hydrogen-bond acceptors (Lipinski definition) is 2. The number of anilines is 1. The number of halogens is 3. The van der Waals surface area contributed by atoms with E-state index in [9.17, 15) is 9.18 Å². The third-order valence-electron chi connectivity index (χ3n) is 1.98. The molecule has 1 aromatic heterocycles. The van der Waals surface area contributed by atoms with E-state index in [0.29, 0.717) is 13.9 Å². The van der Waals surface area contributed by atoms with Crippen molar-refractivity contribution in [2.45, 2.75) is 0 Å². The minimum absolute atomic E-state index is 0.192. The first-order chi connectivity index (χ1) is 8.06. The molecule has 0 aliphatic carbocycles. The molecule has 0 atom stereocenters. The zero-order valence-corrected chi connectivity index (χ0v) is 12.1. The molecule has 0 aliphatic rings. The van der Waals surface area contributed by atoms with Crippen LogP contribution in [0.2, 0.25) is 0 Å². The minimum atomic E-state index is -0.375. The lowest BCUT2D eigenvalue weighted by Gasteiger charge is -2.05. The summed E-state index contributed by atoms with van der Waals surface area (Å²) >= 11 is 5.06. The van der Waals surface area contributed by atoms with E-state index in [4.69, 9.17) is 4.42 Å². The van der Waals surface area contributed by atoms with Gasteiger partial charge in [0.2, 0.25) is 0 Å². The highest BCUT2D eigenvalue weighted by Crippen LogP contribution is 2.21. The molecule has 2 aromatic rings. The van der Waals surface area contributed by atoms with Crippen LogP contribution >= 0.6 is 38.5 Å². The summed E-state index contributed by atoms with van der Waals surface area (Å²) in [5.41, 5.74) is 0.546. The monoisotopic (exact) mass is 409 g/mol. The maximum atomic E-state index is 12.9. The first-order valence-electron chi connectivity index (χ1n) is 4.58. The van der Waals surface area contributed by atoms with Crippen molar-refractivity contribution in [2.24, 2.45) is 0 Å². The Morgan fingerprint density at radius 3 is 2.71 bits per heavy atom. The topological polar surface area (TPSA) is 42.2 Å². The number of rotatable bonds is 2. The lowest BCUT2D eigenvalue weighted by molar-refractivity contribution is 0.0995. The van der Waals surface area contributed by atoms with Gasteiger partial charge >= 0.3 is 0 Å². The third kappa shape index (κ3) is 3.06. The molecule has 3 nitrogen and oxygen atoms in total. The van der Waals surface area contributed by atoms with Crippen LogP contribution in [-0.4, -0.2) is 5.91 Å². The van der Waals surface area contributed by atoms with Crippen molar-refractivity contribution < 1.29 is 13.6 Å². The predicted molar refractivity (Wildman–Crippen MR) is 73.5 cm³/mol. The van der Waals surface area contributed by atoms with Crippen molar-refractivity contribution in [3.05, 3.63) is 50.1 Å². The number of benzene rings is 1. The van der Waals surface area contributed by atoms with Gasteiger partial charge in [0.05, 0.1) is 5.69 Å². The second-order valence-electron chi connectivity index (χ2n) is 3.18. The zero-order chi connectivity index (χ0) is 12.4. The van der Waals surface area contributed by atoms with Gasteiger partial charge in [-0.05, 0) is 68.9 Å². The molecule has 0 saturated heterocycles. The SMILES string of the molecule is O=C(Nc1ccc(F)cc1I)c1ccc(Br)o1. The molecular weight excluding hydrogens is 404 g/mol. The molecule has 1 amide bonds. The number of carbonyl (C=O) groups excluding carboxylic acids is 1. The van der Waals surface area contributed by atoms with Gasteiger partial charge in [-0.25, -0.2) is 4.39 Å². The van der Waals surface area contributed by atoms with Gasteiger partial charge < -0.3 is 9.73 Å². The van der Waals surface area contributed by atoms with E-state index in [2.05, 4.69) is 21.2 Å². The van der Waals surface area contributed by atoms with E-state index >= 15 is 0 Å². The van der Waals surface area contributed by atoms with Crippen molar-refractivity contribution in [1.82, 2.24) is 0 Å². The van der Waals surface area contributed by atoms with Crippen LogP contribution in [0.5, 0.6) is 0 Å². The van der Waals surface area contributed by atoms with Gasteiger partial charge in [-0.1, -0.05) is 0 Å². The molecule has 88 valence electrons. The maximum absolute atomic E-state index is 12.9. The van der Waals surface area contributed by atoms with Crippen molar-refractivity contribution in [1.29, 1.82) is 0 Å². The van der Waals surface area contributed by atoms with Crippen LogP contribution in [0.1, 0.15) is 10.6 Å². The quantitative estimate of drug-likeness (QED) is 0.760. The Balaban J connectivity index is 2.18. The average Bonchev–Trinajstić information content (AvgIpc) is 2.69. The van der Waals surface area contributed by atoms with Gasteiger partial charge in [0.25, 0.3) is 5.91 Å². The van der Waals surface area contributed by atoms with E-state index < -0.39 is 0 Å². The van der Waals surface area contributed by atoms with Gasteiger partial charge in [0, 0.05) is 3.57 Å². The van der Waals surface area contributed by atoms with Gasteiger partial charge in [-0.3, -0.25) is 4.79 Å². The van der Waals surface area contributed by atoms with Crippen LogP contribution in [0.25, 0.3) is 0 Å². The fraction of sp³-hybridized carbons (Fsp3) is 0. The van der Waals surface area contributed by atoms with Crippen LogP contribution in [0.3, 0.4) is 0 Å². The average molecular weight is 410 g/mol. The summed E-state index contributed by atoms with van der Waals surface area (Å²) < 4.78 is 19.1. The molecule has 0 aliphatic heterocycles. The van der Waals surface area contributed by atoms with Crippen LogP contribution < -0.4 is 5.32 Å². The zero-order valence-electron chi connectivity index (χ0n) is 8.34. The molecule has 0 spiro atoms. The van der Waals surface area contributed by atoms with Crippen molar-refractivity contribution in [2.75, 3.05) is 5.32 Å². The van der Waals surface area contributed by atoms with E-state index in [0.717, 1.165) is 0 Å². The summed E-state index contributed by atoms with van der Waals surface area (Å²) in [6.45, 7) is 0. The fourth-order valence-corrected chi connectivity index (χ4v) is 2.13.